The molecule has 2 fully saturated rings. The molecule has 0 bridgehead atoms. The fourth-order valence-electron chi connectivity index (χ4n) is 3.57. The molecule has 1 aromatic rings. The van der Waals surface area contributed by atoms with E-state index in [2.05, 4.69) is 45.5 Å². The van der Waals surface area contributed by atoms with Gasteiger partial charge in [-0.1, -0.05) is 6.07 Å². The van der Waals surface area contributed by atoms with Gasteiger partial charge in [-0.2, -0.15) is 0 Å². The summed E-state index contributed by atoms with van der Waals surface area (Å²) in [5.74, 6) is 1.33. The maximum Gasteiger partial charge on any atom is 0.223 e. The molecule has 1 aromatic heterocycles. The summed E-state index contributed by atoms with van der Waals surface area (Å²) in [6.45, 7) is 7.71. The van der Waals surface area contributed by atoms with Gasteiger partial charge in [0.2, 0.25) is 5.91 Å². The summed E-state index contributed by atoms with van der Waals surface area (Å²) in [6, 6.07) is 4.45. The number of carbonyl (C=O) groups excluding carboxylic acids is 1. The van der Waals surface area contributed by atoms with E-state index in [1.807, 2.05) is 12.3 Å². The number of nitrogens with one attached hydrogen (secondary N) is 2. The molecule has 2 atom stereocenters. The molecule has 0 aromatic carbocycles. The summed E-state index contributed by atoms with van der Waals surface area (Å²) in [4.78, 5) is 21.7. The Labute approximate surface area is 144 Å². The number of amides is 1. The zero-order valence-corrected chi connectivity index (χ0v) is 14.8. The lowest BCUT2D eigenvalue weighted by atomic mass is 9.92. The first-order valence-corrected chi connectivity index (χ1v) is 9.02. The third-order valence-corrected chi connectivity index (χ3v) is 5.12. The smallest absolute Gasteiger partial charge is 0.223 e. The van der Waals surface area contributed by atoms with Gasteiger partial charge < -0.3 is 20.4 Å². The van der Waals surface area contributed by atoms with Crippen molar-refractivity contribution in [2.75, 3.05) is 44.7 Å². The average molecular weight is 331 g/mol. The van der Waals surface area contributed by atoms with Crippen LogP contribution in [0.2, 0.25) is 0 Å². The van der Waals surface area contributed by atoms with Gasteiger partial charge in [0.15, 0.2) is 0 Å². The van der Waals surface area contributed by atoms with Crippen LogP contribution in [-0.4, -0.2) is 61.6 Å². The third kappa shape index (κ3) is 4.24. The van der Waals surface area contributed by atoms with Crippen molar-refractivity contribution < 1.29 is 4.79 Å². The van der Waals surface area contributed by atoms with Crippen LogP contribution in [0.1, 0.15) is 25.3 Å². The van der Waals surface area contributed by atoms with Crippen LogP contribution in [0.4, 0.5) is 5.82 Å². The van der Waals surface area contributed by atoms with Crippen LogP contribution in [0.3, 0.4) is 0 Å². The molecule has 132 valence electrons. The molecule has 2 aliphatic heterocycles. The quantitative estimate of drug-likeness (QED) is 0.856. The van der Waals surface area contributed by atoms with Gasteiger partial charge in [0.25, 0.3) is 0 Å². The monoisotopic (exact) mass is 331 g/mol. The molecule has 1 amide bonds. The first-order chi connectivity index (χ1) is 11.6. The zero-order valence-electron chi connectivity index (χ0n) is 14.8. The molecule has 2 saturated heterocycles. The number of aromatic nitrogens is 1. The minimum absolute atomic E-state index is 0.130. The Morgan fingerprint density at radius 1 is 1.38 bits per heavy atom. The molecule has 0 unspecified atom stereocenters. The molecular formula is C18H29N5O. The lowest BCUT2D eigenvalue weighted by Gasteiger charge is -2.34. The van der Waals surface area contributed by atoms with E-state index in [1.165, 1.54) is 0 Å². The van der Waals surface area contributed by atoms with E-state index in [0.717, 1.165) is 56.9 Å². The van der Waals surface area contributed by atoms with Gasteiger partial charge >= 0.3 is 0 Å². The number of hydrogen-bond donors (Lipinski definition) is 2. The average Bonchev–Trinajstić information content (AvgIpc) is 2.61. The molecule has 6 nitrogen and oxygen atoms in total. The molecule has 24 heavy (non-hydrogen) atoms. The number of piperidine rings is 1. The number of piperazine rings is 1. The maximum absolute atomic E-state index is 12.5. The first kappa shape index (κ1) is 17.2. The van der Waals surface area contributed by atoms with Gasteiger partial charge in [-0.3, -0.25) is 4.79 Å². The predicted octanol–water partition coefficient (Wildman–Crippen LogP) is 0.838. The molecule has 2 aliphatic rings. The van der Waals surface area contributed by atoms with E-state index in [4.69, 9.17) is 0 Å². The lowest BCUT2D eigenvalue weighted by Crippen LogP contribution is -2.45. The first-order valence-electron chi connectivity index (χ1n) is 9.02. The highest BCUT2D eigenvalue weighted by molar-refractivity contribution is 5.79. The molecule has 0 aliphatic carbocycles. The minimum atomic E-state index is 0.130. The van der Waals surface area contributed by atoms with Crippen LogP contribution >= 0.6 is 0 Å². The Hall–Kier alpha value is -1.66. The molecular weight excluding hydrogens is 302 g/mol. The van der Waals surface area contributed by atoms with E-state index in [0.29, 0.717) is 12.6 Å². The molecule has 3 heterocycles. The normalized spacial score (nSPS) is 25.5. The van der Waals surface area contributed by atoms with Gasteiger partial charge in [0.05, 0.1) is 0 Å². The molecule has 0 spiro atoms. The summed E-state index contributed by atoms with van der Waals surface area (Å²) in [7, 11) is 2.15. The van der Waals surface area contributed by atoms with E-state index < -0.39 is 0 Å². The molecule has 3 rings (SSSR count). The highest BCUT2D eigenvalue weighted by Crippen LogP contribution is 2.20. The lowest BCUT2D eigenvalue weighted by molar-refractivity contribution is -0.126. The van der Waals surface area contributed by atoms with Crippen molar-refractivity contribution in [3.63, 3.8) is 0 Å². The van der Waals surface area contributed by atoms with E-state index >= 15 is 0 Å². The Kier molecular flexibility index (Phi) is 5.68. The Morgan fingerprint density at radius 3 is 2.92 bits per heavy atom. The van der Waals surface area contributed by atoms with Crippen LogP contribution < -0.4 is 15.5 Å². The molecule has 6 heteroatoms. The number of anilines is 1. The van der Waals surface area contributed by atoms with Crippen LogP contribution in [-0.2, 0) is 11.3 Å². The Morgan fingerprint density at radius 2 is 2.17 bits per heavy atom. The van der Waals surface area contributed by atoms with E-state index in [9.17, 15) is 4.79 Å². The van der Waals surface area contributed by atoms with E-state index in [1.54, 1.807) is 0 Å². The fraction of sp³-hybridized carbons (Fsp3) is 0.667. The van der Waals surface area contributed by atoms with Crippen LogP contribution in [0.25, 0.3) is 0 Å². The standard InChI is InChI=1S/C18H29N5O/c1-14-12-15(5-7-19-14)18(24)21-13-16-4-3-6-20-17(16)23-10-8-22(2)9-11-23/h3-4,6,14-15,19H,5,7-13H2,1-2H3,(H,21,24)/t14-,15-/m0/s1. The Balaban J connectivity index is 1.60. The van der Waals surface area contributed by atoms with Crippen molar-refractivity contribution >= 4 is 11.7 Å². The molecule has 2 N–H and O–H groups in total. The van der Waals surface area contributed by atoms with Gasteiger partial charge in [-0.05, 0) is 39.4 Å². The largest absolute Gasteiger partial charge is 0.354 e. The minimum Gasteiger partial charge on any atom is -0.354 e. The second kappa shape index (κ2) is 7.94. The van der Waals surface area contributed by atoms with Gasteiger partial charge in [0, 0.05) is 56.4 Å². The third-order valence-electron chi connectivity index (χ3n) is 5.12. The van der Waals surface area contributed by atoms with Crippen molar-refractivity contribution in [2.24, 2.45) is 5.92 Å². The summed E-state index contributed by atoms with van der Waals surface area (Å²) in [5, 5.41) is 6.53. The second-order valence-corrected chi connectivity index (χ2v) is 7.07. The predicted molar refractivity (Wildman–Crippen MR) is 96.0 cm³/mol. The van der Waals surface area contributed by atoms with Crippen LogP contribution in [0.5, 0.6) is 0 Å². The summed E-state index contributed by atoms with van der Waals surface area (Å²) < 4.78 is 0. The number of rotatable bonds is 4. The number of nitrogens with zero attached hydrogens (tertiary/aromatic N) is 3. The highest BCUT2D eigenvalue weighted by atomic mass is 16.1. The van der Waals surface area contributed by atoms with Gasteiger partial charge in [-0.15, -0.1) is 0 Å². The Bertz CT molecular complexity index is 556. The van der Waals surface area contributed by atoms with Crippen molar-refractivity contribution in [3.8, 4) is 0 Å². The number of hydrogen-bond acceptors (Lipinski definition) is 5. The van der Waals surface area contributed by atoms with Crippen LogP contribution in [0, 0.1) is 5.92 Å². The molecule has 0 radical (unpaired) electrons. The van der Waals surface area contributed by atoms with Gasteiger partial charge in [-0.25, -0.2) is 4.98 Å². The highest BCUT2D eigenvalue weighted by Gasteiger charge is 2.25. The van der Waals surface area contributed by atoms with Gasteiger partial charge in [0.1, 0.15) is 5.82 Å². The molecule has 0 saturated carbocycles. The van der Waals surface area contributed by atoms with Crippen LogP contribution in [0.15, 0.2) is 18.3 Å². The van der Waals surface area contributed by atoms with Crippen molar-refractivity contribution in [3.05, 3.63) is 23.9 Å². The van der Waals surface area contributed by atoms with Crippen molar-refractivity contribution in [2.45, 2.75) is 32.4 Å². The second-order valence-electron chi connectivity index (χ2n) is 7.07. The summed E-state index contributed by atoms with van der Waals surface area (Å²) in [5.41, 5.74) is 1.11. The number of likely N-dealkylation sites (N-methyl/N-ethyl adjacent to an activating group) is 1. The topological polar surface area (TPSA) is 60.5 Å². The zero-order chi connectivity index (χ0) is 16.9. The summed E-state index contributed by atoms with van der Waals surface area (Å²) in [6.07, 6.45) is 3.69. The van der Waals surface area contributed by atoms with Crippen molar-refractivity contribution in [1.29, 1.82) is 0 Å². The number of carbonyl (C=O) groups is 1. The fourth-order valence-corrected chi connectivity index (χ4v) is 3.57. The maximum atomic E-state index is 12.5. The number of pyridine rings is 1. The summed E-state index contributed by atoms with van der Waals surface area (Å²) >= 11 is 0. The van der Waals surface area contributed by atoms with Crippen molar-refractivity contribution in [1.82, 2.24) is 20.5 Å². The van der Waals surface area contributed by atoms with E-state index in [-0.39, 0.29) is 11.8 Å². The SMILES string of the molecule is C[C@H]1C[C@@H](C(=O)NCc2cccnc2N2CCN(C)CC2)CCN1.